The van der Waals surface area contributed by atoms with Gasteiger partial charge in [-0.25, -0.2) is 4.79 Å². The van der Waals surface area contributed by atoms with Gasteiger partial charge in [0.2, 0.25) is 5.91 Å². The fourth-order valence-corrected chi connectivity index (χ4v) is 1.93. The van der Waals surface area contributed by atoms with Crippen molar-refractivity contribution < 1.29 is 32.6 Å². The van der Waals surface area contributed by atoms with E-state index in [0.29, 0.717) is 7.11 Å². The molecule has 5 nitrogen and oxygen atoms in total. The summed E-state index contributed by atoms with van der Waals surface area (Å²) in [6.07, 6.45) is -6.97. The van der Waals surface area contributed by atoms with Crippen LogP contribution in [0, 0.1) is 0 Å². The molecule has 22 heavy (non-hydrogen) atoms. The summed E-state index contributed by atoms with van der Waals surface area (Å²) in [5.74, 6) is -3.27. The molecule has 1 aromatic rings. The van der Waals surface area contributed by atoms with Gasteiger partial charge < -0.3 is 15.2 Å². The Kier molecular flexibility index (Phi) is 5.66. The van der Waals surface area contributed by atoms with Crippen molar-refractivity contribution in [2.24, 2.45) is 0 Å². The van der Waals surface area contributed by atoms with E-state index in [0.717, 1.165) is 0 Å². The number of alkyl halides is 3. The molecule has 0 heterocycles. The number of hydrogen-bond donors (Lipinski definition) is 2. The van der Waals surface area contributed by atoms with E-state index in [1.807, 2.05) is 5.32 Å². The first kappa shape index (κ1) is 18.5. The second-order valence-electron chi connectivity index (χ2n) is 4.20. The van der Waals surface area contributed by atoms with Gasteiger partial charge in [-0.15, -0.1) is 0 Å². The second-order valence-corrected chi connectivity index (χ2v) is 5.04. The zero-order valence-electron chi connectivity index (χ0n) is 11.0. The van der Waals surface area contributed by atoms with E-state index >= 15 is 0 Å². The zero-order valence-corrected chi connectivity index (χ0v) is 12.5. The molecule has 0 aliphatic rings. The van der Waals surface area contributed by atoms with Crippen LogP contribution in [-0.2, 0) is 14.3 Å². The number of methoxy groups -OCH3 is 1. The molecule has 0 saturated heterocycles. The Morgan fingerprint density at radius 1 is 1.32 bits per heavy atom. The van der Waals surface area contributed by atoms with Gasteiger partial charge in [-0.05, 0) is 18.2 Å². The van der Waals surface area contributed by atoms with Crippen molar-refractivity contribution in [1.82, 2.24) is 0 Å². The molecule has 0 fully saturated rings. The number of carbonyl (C=O) groups excluding carboxylic acids is 2. The maximum absolute atomic E-state index is 12.8. The van der Waals surface area contributed by atoms with E-state index in [2.05, 4.69) is 4.74 Å². The van der Waals surface area contributed by atoms with Crippen molar-refractivity contribution in [2.75, 3.05) is 12.4 Å². The standard InChI is InChI=1S/C12H10Cl2F3NO4/c1-22-10(20)11(21,12(15,16)17)5-9(19)18-8-3-2-6(13)4-7(8)14/h2-4,21H,5H2,1H3,(H,18,19)/t11-/m0/s1. The summed E-state index contributed by atoms with van der Waals surface area (Å²) in [6, 6.07) is 3.86. The smallest absolute Gasteiger partial charge is 0.428 e. The lowest BCUT2D eigenvalue weighted by atomic mass is 9.98. The second kappa shape index (κ2) is 6.72. The van der Waals surface area contributed by atoms with E-state index in [-0.39, 0.29) is 15.7 Å². The molecule has 1 atom stereocenters. The summed E-state index contributed by atoms with van der Waals surface area (Å²) < 4.78 is 42.3. The Bertz CT molecular complexity index is 594. The molecule has 10 heteroatoms. The molecule has 0 aromatic heterocycles. The van der Waals surface area contributed by atoms with E-state index < -0.39 is 30.1 Å². The average molecular weight is 360 g/mol. The molecule has 122 valence electrons. The highest BCUT2D eigenvalue weighted by molar-refractivity contribution is 6.36. The molecular weight excluding hydrogens is 350 g/mol. The van der Waals surface area contributed by atoms with Crippen LogP contribution in [0.5, 0.6) is 0 Å². The number of nitrogens with one attached hydrogen (secondary N) is 1. The largest absolute Gasteiger partial charge is 0.467 e. The minimum Gasteiger partial charge on any atom is -0.467 e. The van der Waals surface area contributed by atoms with Gasteiger partial charge >= 0.3 is 12.1 Å². The van der Waals surface area contributed by atoms with Crippen LogP contribution >= 0.6 is 23.2 Å². The summed E-state index contributed by atoms with van der Waals surface area (Å²) in [5.41, 5.74) is -3.98. The summed E-state index contributed by atoms with van der Waals surface area (Å²) in [5, 5.41) is 11.7. The fraction of sp³-hybridized carbons (Fsp3) is 0.333. The van der Waals surface area contributed by atoms with Crippen LogP contribution in [0.25, 0.3) is 0 Å². The van der Waals surface area contributed by atoms with Gasteiger partial charge in [0.1, 0.15) is 0 Å². The molecule has 1 aromatic carbocycles. The van der Waals surface area contributed by atoms with E-state index in [9.17, 15) is 27.9 Å². The van der Waals surface area contributed by atoms with Crippen LogP contribution in [0.1, 0.15) is 6.42 Å². The van der Waals surface area contributed by atoms with Gasteiger partial charge in [0.15, 0.2) is 0 Å². The van der Waals surface area contributed by atoms with E-state index in [1.54, 1.807) is 0 Å². The minimum absolute atomic E-state index is 0.0190. The maximum atomic E-state index is 12.8. The van der Waals surface area contributed by atoms with Crippen molar-refractivity contribution in [3.8, 4) is 0 Å². The summed E-state index contributed by atoms with van der Waals surface area (Å²) >= 11 is 11.4. The number of ether oxygens (including phenoxy) is 1. The van der Waals surface area contributed by atoms with Crippen LogP contribution in [0.3, 0.4) is 0 Å². The number of esters is 1. The number of amides is 1. The quantitative estimate of drug-likeness (QED) is 0.810. The van der Waals surface area contributed by atoms with Crippen LogP contribution in [-0.4, -0.2) is 35.9 Å². The molecular formula is C12H10Cl2F3NO4. The molecule has 0 aliphatic heterocycles. The molecule has 0 radical (unpaired) electrons. The SMILES string of the molecule is COC(=O)[C@@](O)(CC(=O)Nc1ccc(Cl)cc1Cl)C(F)(F)F. The molecule has 1 rings (SSSR count). The summed E-state index contributed by atoms with van der Waals surface area (Å²) in [4.78, 5) is 22.8. The summed E-state index contributed by atoms with van der Waals surface area (Å²) in [6.45, 7) is 0. The van der Waals surface area contributed by atoms with Gasteiger partial charge in [0.25, 0.3) is 5.60 Å². The molecule has 0 aliphatic carbocycles. The van der Waals surface area contributed by atoms with Gasteiger partial charge in [0, 0.05) is 5.02 Å². The molecule has 2 N–H and O–H groups in total. The Morgan fingerprint density at radius 3 is 2.36 bits per heavy atom. The number of anilines is 1. The van der Waals surface area contributed by atoms with Gasteiger partial charge in [-0.1, -0.05) is 23.2 Å². The zero-order chi connectivity index (χ0) is 17.1. The number of benzene rings is 1. The van der Waals surface area contributed by atoms with Gasteiger partial charge in [-0.3, -0.25) is 4.79 Å². The summed E-state index contributed by atoms with van der Waals surface area (Å²) in [7, 11) is 0.660. The number of carbonyl (C=O) groups is 2. The van der Waals surface area contributed by atoms with Crippen molar-refractivity contribution >= 4 is 40.8 Å². The first-order valence-corrected chi connectivity index (χ1v) is 6.39. The Morgan fingerprint density at radius 2 is 1.91 bits per heavy atom. The first-order valence-electron chi connectivity index (χ1n) is 5.63. The van der Waals surface area contributed by atoms with E-state index in [4.69, 9.17) is 23.2 Å². The molecule has 1 amide bonds. The van der Waals surface area contributed by atoms with Crippen molar-refractivity contribution in [2.45, 2.75) is 18.2 Å². The highest BCUT2D eigenvalue weighted by Crippen LogP contribution is 2.35. The minimum atomic E-state index is -5.39. The maximum Gasteiger partial charge on any atom is 0.428 e. The van der Waals surface area contributed by atoms with Crippen LogP contribution < -0.4 is 5.32 Å². The first-order chi connectivity index (χ1) is 10.0. The lowest BCUT2D eigenvalue weighted by molar-refractivity contribution is -0.261. The van der Waals surface area contributed by atoms with Crippen molar-refractivity contribution in [3.05, 3.63) is 28.2 Å². The highest BCUT2D eigenvalue weighted by atomic mass is 35.5. The third-order valence-corrected chi connectivity index (χ3v) is 3.16. The van der Waals surface area contributed by atoms with Crippen LogP contribution in [0.4, 0.5) is 18.9 Å². The number of rotatable bonds is 4. The fourth-order valence-electron chi connectivity index (χ4n) is 1.47. The van der Waals surface area contributed by atoms with Crippen molar-refractivity contribution in [3.63, 3.8) is 0 Å². The topological polar surface area (TPSA) is 75.6 Å². The lowest BCUT2D eigenvalue weighted by Crippen LogP contribution is -2.54. The lowest BCUT2D eigenvalue weighted by Gasteiger charge is -2.26. The predicted molar refractivity (Wildman–Crippen MR) is 72.7 cm³/mol. The van der Waals surface area contributed by atoms with Gasteiger partial charge in [-0.2, -0.15) is 13.2 Å². The average Bonchev–Trinajstić information content (AvgIpc) is 2.39. The normalized spacial score (nSPS) is 14.1. The third kappa shape index (κ3) is 4.02. The number of hydrogen-bond acceptors (Lipinski definition) is 4. The van der Waals surface area contributed by atoms with Crippen molar-refractivity contribution in [1.29, 1.82) is 0 Å². The van der Waals surface area contributed by atoms with E-state index in [1.165, 1.54) is 18.2 Å². The molecule has 0 unspecified atom stereocenters. The van der Waals surface area contributed by atoms with Gasteiger partial charge in [0.05, 0.1) is 24.2 Å². The number of halogens is 5. The molecule has 0 spiro atoms. The molecule has 0 bridgehead atoms. The van der Waals surface area contributed by atoms with Crippen LogP contribution in [0.2, 0.25) is 10.0 Å². The Labute approximate surface area is 133 Å². The Balaban J connectivity index is 2.95. The number of aliphatic hydroxyl groups is 1. The molecule has 0 saturated carbocycles. The predicted octanol–water partition coefficient (Wildman–Crippen LogP) is 2.79. The Hall–Kier alpha value is -1.51. The third-order valence-electron chi connectivity index (χ3n) is 2.61. The monoisotopic (exact) mass is 359 g/mol. The highest BCUT2D eigenvalue weighted by Gasteiger charge is 2.61. The van der Waals surface area contributed by atoms with Crippen LogP contribution in [0.15, 0.2) is 18.2 Å².